The van der Waals surface area contributed by atoms with Crippen LogP contribution in [0.3, 0.4) is 0 Å². The maximum Gasteiger partial charge on any atom is 0.472 e. The number of phosphoric acid groups is 2. The van der Waals surface area contributed by atoms with Crippen molar-refractivity contribution in [2.24, 2.45) is 11.8 Å². The summed E-state index contributed by atoms with van der Waals surface area (Å²) in [6.45, 7) is 9.55. The number of carbonyl (C=O) groups is 4. The van der Waals surface area contributed by atoms with Gasteiger partial charge in [-0.2, -0.15) is 0 Å². The Morgan fingerprint density at radius 3 is 0.747 bits per heavy atom. The van der Waals surface area contributed by atoms with Crippen LogP contribution in [0.2, 0.25) is 0 Å². The minimum atomic E-state index is -4.95. The summed E-state index contributed by atoms with van der Waals surface area (Å²) in [5, 5.41) is 10.6. The molecule has 0 amide bonds. The van der Waals surface area contributed by atoms with Crippen LogP contribution in [0.1, 0.15) is 369 Å². The first-order valence-corrected chi connectivity index (χ1v) is 40.5. The van der Waals surface area contributed by atoms with Crippen LogP contribution < -0.4 is 0 Å². The summed E-state index contributed by atoms with van der Waals surface area (Å²) in [6, 6.07) is 0. The Labute approximate surface area is 556 Å². The van der Waals surface area contributed by atoms with Crippen molar-refractivity contribution >= 4 is 39.5 Å². The third-order valence-corrected chi connectivity index (χ3v) is 18.6. The SMILES string of the molecule is CCCCCCCCCCCCCCCCCC(=O)O[C@H](COC(=O)CCCCCCCCCCCCCC(C)C)COP(=O)(O)OC[C@@H](O)COP(=O)(O)OC[C@@H](COC(=O)CCCCCCCCCC)OC(=O)CCCCCCCCCCCCCC(C)C. The zero-order valence-corrected chi connectivity index (χ0v) is 60.9. The summed E-state index contributed by atoms with van der Waals surface area (Å²) in [5.74, 6) is -0.585. The fraction of sp³-hybridized carbons (Fsp3) is 0.944. The highest BCUT2D eigenvalue weighted by molar-refractivity contribution is 7.47. The molecule has 5 atom stereocenters. The van der Waals surface area contributed by atoms with Crippen LogP contribution in [0.5, 0.6) is 0 Å². The van der Waals surface area contributed by atoms with Gasteiger partial charge in [0.1, 0.15) is 19.3 Å². The lowest BCUT2D eigenvalue weighted by Gasteiger charge is -2.21. The normalized spacial score (nSPS) is 14.1. The summed E-state index contributed by atoms with van der Waals surface area (Å²) >= 11 is 0. The summed E-state index contributed by atoms with van der Waals surface area (Å²) in [6.07, 6.45) is 49.9. The van der Waals surface area contributed by atoms with Crippen LogP contribution >= 0.6 is 15.6 Å². The van der Waals surface area contributed by atoms with E-state index in [1.54, 1.807) is 0 Å². The first-order valence-electron chi connectivity index (χ1n) is 37.5. The molecule has 3 N–H and O–H groups in total. The van der Waals surface area contributed by atoms with Crippen molar-refractivity contribution in [1.29, 1.82) is 0 Å². The third kappa shape index (κ3) is 66.5. The molecule has 0 heterocycles. The molecule has 0 fully saturated rings. The molecule has 2 unspecified atom stereocenters. The van der Waals surface area contributed by atoms with E-state index in [1.807, 2.05) is 0 Å². The minimum Gasteiger partial charge on any atom is -0.462 e. The molecule has 0 spiro atoms. The minimum absolute atomic E-state index is 0.106. The number of aliphatic hydroxyl groups excluding tert-OH is 1. The summed E-state index contributed by atoms with van der Waals surface area (Å²) in [4.78, 5) is 72.6. The second kappa shape index (κ2) is 64.1. The maximum absolute atomic E-state index is 13.0. The van der Waals surface area contributed by atoms with Gasteiger partial charge in [-0.05, 0) is 37.5 Å². The molecular formula is C72H140O17P2. The Morgan fingerprint density at radius 2 is 0.505 bits per heavy atom. The van der Waals surface area contributed by atoms with E-state index < -0.39 is 97.5 Å². The lowest BCUT2D eigenvalue weighted by atomic mass is 10.0. The van der Waals surface area contributed by atoms with Crippen molar-refractivity contribution in [2.75, 3.05) is 39.6 Å². The van der Waals surface area contributed by atoms with E-state index in [4.69, 9.17) is 37.0 Å². The molecule has 17 nitrogen and oxygen atoms in total. The maximum atomic E-state index is 13.0. The van der Waals surface area contributed by atoms with Gasteiger partial charge in [0, 0.05) is 25.7 Å². The molecule has 0 radical (unpaired) electrons. The Kier molecular flexibility index (Phi) is 62.7. The van der Waals surface area contributed by atoms with Crippen molar-refractivity contribution in [1.82, 2.24) is 0 Å². The Balaban J connectivity index is 5.23. The van der Waals surface area contributed by atoms with Crippen LogP contribution in [0.25, 0.3) is 0 Å². The summed E-state index contributed by atoms with van der Waals surface area (Å²) in [7, 11) is -9.90. The van der Waals surface area contributed by atoms with Gasteiger partial charge in [-0.1, -0.05) is 318 Å². The van der Waals surface area contributed by atoms with Gasteiger partial charge < -0.3 is 33.8 Å². The number of phosphoric ester groups is 2. The Hall–Kier alpha value is -1.94. The molecular weight excluding hydrogens is 1200 g/mol. The number of hydrogen-bond acceptors (Lipinski definition) is 15. The highest BCUT2D eigenvalue weighted by Gasteiger charge is 2.30. The topological polar surface area (TPSA) is 237 Å². The van der Waals surface area contributed by atoms with Crippen molar-refractivity contribution in [2.45, 2.75) is 387 Å². The van der Waals surface area contributed by atoms with Crippen LogP contribution in [0.15, 0.2) is 0 Å². The van der Waals surface area contributed by atoms with Crippen LogP contribution in [-0.2, 0) is 65.4 Å². The van der Waals surface area contributed by atoms with Gasteiger partial charge in [0.05, 0.1) is 26.4 Å². The molecule has 0 aliphatic carbocycles. The quantitative estimate of drug-likeness (QED) is 0.0222. The molecule has 0 bridgehead atoms. The molecule has 0 aromatic carbocycles. The second-order valence-corrected chi connectivity index (χ2v) is 29.8. The summed E-state index contributed by atoms with van der Waals surface area (Å²) < 4.78 is 68.3. The predicted octanol–water partition coefficient (Wildman–Crippen LogP) is 20.8. The number of carbonyl (C=O) groups excluding carboxylic acids is 4. The van der Waals surface area contributed by atoms with Crippen LogP contribution in [0, 0.1) is 11.8 Å². The largest absolute Gasteiger partial charge is 0.472 e. The first-order chi connectivity index (χ1) is 43.9. The molecule has 0 aromatic heterocycles. The molecule has 19 heteroatoms. The number of aliphatic hydroxyl groups is 1. The van der Waals surface area contributed by atoms with E-state index in [2.05, 4.69) is 41.5 Å². The van der Waals surface area contributed by atoms with Crippen molar-refractivity contribution in [3.63, 3.8) is 0 Å². The molecule has 0 aliphatic heterocycles. The number of unbranched alkanes of at least 4 members (excludes halogenated alkanes) is 41. The Morgan fingerprint density at radius 1 is 0.297 bits per heavy atom. The monoisotopic (exact) mass is 1340 g/mol. The number of esters is 4. The second-order valence-electron chi connectivity index (χ2n) is 26.9. The van der Waals surface area contributed by atoms with Crippen LogP contribution in [0.4, 0.5) is 0 Å². The number of ether oxygens (including phenoxy) is 4. The number of hydrogen-bond donors (Lipinski definition) is 3. The smallest absolute Gasteiger partial charge is 0.462 e. The first kappa shape index (κ1) is 89.1. The van der Waals surface area contributed by atoms with Crippen molar-refractivity contribution in [3.8, 4) is 0 Å². The van der Waals surface area contributed by atoms with E-state index in [0.717, 1.165) is 108 Å². The van der Waals surface area contributed by atoms with Gasteiger partial charge in [-0.3, -0.25) is 37.3 Å². The van der Waals surface area contributed by atoms with Crippen molar-refractivity contribution in [3.05, 3.63) is 0 Å². The number of rotatable bonds is 71. The Bertz CT molecular complexity index is 1770. The molecule has 91 heavy (non-hydrogen) atoms. The molecule has 0 saturated carbocycles. The van der Waals surface area contributed by atoms with E-state index in [9.17, 15) is 43.2 Å². The van der Waals surface area contributed by atoms with Crippen molar-refractivity contribution < 1.29 is 80.2 Å². The van der Waals surface area contributed by atoms with Gasteiger partial charge >= 0.3 is 39.5 Å². The van der Waals surface area contributed by atoms with E-state index >= 15 is 0 Å². The predicted molar refractivity (Wildman–Crippen MR) is 368 cm³/mol. The molecule has 0 aromatic rings. The van der Waals surface area contributed by atoms with E-state index in [0.29, 0.717) is 25.7 Å². The van der Waals surface area contributed by atoms with Gasteiger partial charge in [0.2, 0.25) is 0 Å². The molecule has 0 saturated heterocycles. The average Bonchev–Trinajstić information content (AvgIpc) is 3.38. The molecule has 540 valence electrons. The zero-order valence-electron chi connectivity index (χ0n) is 59.1. The average molecular weight is 1340 g/mol. The highest BCUT2D eigenvalue weighted by atomic mass is 31.2. The lowest BCUT2D eigenvalue weighted by Crippen LogP contribution is -2.30. The lowest BCUT2D eigenvalue weighted by molar-refractivity contribution is -0.161. The van der Waals surface area contributed by atoms with E-state index in [-0.39, 0.29) is 25.7 Å². The fourth-order valence-corrected chi connectivity index (χ4v) is 12.5. The van der Waals surface area contributed by atoms with Gasteiger partial charge in [0.25, 0.3) is 0 Å². The van der Waals surface area contributed by atoms with E-state index in [1.165, 1.54) is 180 Å². The zero-order chi connectivity index (χ0) is 67.2. The standard InChI is InChI=1S/C72H140O17P2/c1-7-9-11-13-15-17-18-19-20-21-26-32-38-44-50-56-71(76)89-68(61-83-70(75)55-49-43-37-31-27-22-24-29-34-40-46-52-64(3)4)63-87-91(80,81)85-59-66(73)58-84-90(78,79)86-62-67(60-82-69(74)54-48-42-36-16-14-12-10-8-2)88-72(77)57-51-45-39-33-28-23-25-30-35-41-47-53-65(5)6/h64-68,73H,7-63H2,1-6H3,(H,78,79)(H,80,81)/t66-,67+,68+/m0/s1. The van der Waals surface area contributed by atoms with Gasteiger partial charge in [-0.15, -0.1) is 0 Å². The molecule has 0 aliphatic rings. The summed E-state index contributed by atoms with van der Waals surface area (Å²) in [5.41, 5.74) is 0. The van der Waals surface area contributed by atoms with Gasteiger partial charge in [0.15, 0.2) is 12.2 Å². The highest BCUT2D eigenvalue weighted by Crippen LogP contribution is 2.45. The fourth-order valence-electron chi connectivity index (χ4n) is 10.9. The third-order valence-electron chi connectivity index (χ3n) is 16.7. The van der Waals surface area contributed by atoms with Gasteiger partial charge in [-0.25, -0.2) is 9.13 Å². The van der Waals surface area contributed by atoms with Crippen LogP contribution in [-0.4, -0.2) is 96.7 Å². The molecule has 0 rings (SSSR count).